The van der Waals surface area contributed by atoms with Gasteiger partial charge < -0.3 is 24.4 Å². The van der Waals surface area contributed by atoms with E-state index in [0.29, 0.717) is 23.7 Å². The Morgan fingerprint density at radius 1 is 1.10 bits per heavy atom. The number of nitrogens with zero attached hydrogens (tertiary/aromatic N) is 3. The highest BCUT2D eigenvalue weighted by atomic mass is 35.5. The van der Waals surface area contributed by atoms with Gasteiger partial charge in [-0.25, -0.2) is 4.98 Å². The van der Waals surface area contributed by atoms with Gasteiger partial charge in [0.2, 0.25) is 5.95 Å². The molecule has 3 aromatic rings. The fourth-order valence-electron chi connectivity index (χ4n) is 6.21. The quantitative estimate of drug-likeness (QED) is 0.186. The SMILES string of the molecule is CP(C)(=O)c1cc(OC(F)(F)F)ccc1Nc1nc(Nc2ccc3c(c2)CC[C@H](N2C[Si@@H]4C[C@H]2CO4)CC3)ncc1Cl. The van der Waals surface area contributed by atoms with Crippen molar-refractivity contribution >= 4 is 56.2 Å². The molecule has 0 spiro atoms. The van der Waals surface area contributed by atoms with Crippen molar-refractivity contribution in [3.05, 3.63) is 58.7 Å². The highest BCUT2D eigenvalue weighted by Gasteiger charge is 2.43. The van der Waals surface area contributed by atoms with E-state index in [0.717, 1.165) is 43.7 Å². The lowest BCUT2D eigenvalue weighted by atomic mass is 10.0. The van der Waals surface area contributed by atoms with Gasteiger partial charge in [0.25, 0.3) is 0 Å². The minimum absolute atomic E-state index is 0.175. The van der Waals surface area contributed by atoms with Crippen molar-refractivity contribution in [1.82, 2.24) is 14.9 Å². The maximum absolute atomic E-state index is 12.9. The molecule has 3 heterocycles. The minimum atomic E-state index is -4.86. The highest BCUT2D eigenvalue weighted by Crippen LogP contribution is 2.41. The van der Waals surface area contributed by atoms with Crippen LogP contribution in [0.5, 0.6) is 5.75 Å². The molecule has 3 atom stereocenters. The van der Waals surface area contributed by atoms with Crippen molar-refractivity contribution in [2.75, 3.05) is 36.7 Å². The number of aryl methyl sites for hydroxylation is 2. The van der Waals surface area contributed by atoms with E-state index >= 15 is 0 Å². The van der Waals surface area contributed by atoms with Crippen molar-refractivity contribution in [1.29, 1.82) is 0 Å². The smallest absolute Gasteiger partial charge is 0.417 e. The number of ether oxygens (including phenoxy) is 1. The van der Waals surface area contributed by atoms with Gasteiger partial charge in [-0.05, 0) is 86.5 Å². The zero-order chi connectivity index (χ0) is 29.6. The monoisotopic (exact) mass is 637 g/mol. The molecule has 2 bridgehead atoms. The van der Waals surface area contributed by atoms with Crippen LogP contribution in [0.4, 0.5) is 36.3 Å². The van der Waals surface area contributed by atoms with Crippen LogP contribution in [-0.2, 0) is 21.8 Å². The van der Waals surface area contributed by atoms with Crippen molar-refractivity contribution < 1.29 is 26.9 Å². The number of halogens is 4. The lowest BCUT2D eigenvalue weighted by molar-refractivity contribution is -0.274. The van der Waals surface area contributed by atoms with Gasteiger partial charge in [0.1, 0.15) is 17.9 Å². The Balaban J connectivity index is 1.17. The number of rotatable bonds is 7. The molecule has 8 nitrogen and oxygen atoms in total. The van der Waals surface area contributed by atoms with Crippen LogP contribution in [0.15, 0.2) is 42.6 Å². The number of benzene rings is 2. The average molecular weight is 638 g/mol. The maximum atomic E-state index is 12.9. The van der Waals surface area contributed by atoms with Crippen LogP contribution in [-0.4, -0.2) is 68.5 Å². The van der Waals surface area contributed by atoms with Gasteiger partial charge in [0.15, 0.2) is 14.9 Å². The third-order valence-electron chi connectivity index (χ3n) is 8.15. The van der Waals surface area contributed by atoms with Gasteiger partial charge in [0.05, 0.1) is 11.9 Å². The summed E-state index contributed by atoms with van der Waals surface area (Å²) in [6.45, 7) is 3.85. The normalized spacial score (nSPS) is 22.5. The predicted octanol–water partition coefficient (Wildman–Crippen LogP) is 5.99. The van der Waals surface area contributed by atoms with Crippen LogP contribution >= 0.6 is 18.7 Å². The Kier molecular flexibility index (Phi) is 8.03. The van der Waals surface area contributed by atoms with Crippen molar-refractivity contribution in [3.63, 3.8) is 0 Å². The summed E-state index contributed by atoms with van der Waals surface area (Å²) in [6.07, 6.45) is 2.11. The van der Waals surface area contributed by atoms with E-state index in [2.05, 4.69) is 42.4 Å². The first kappa shape index (κ1) is 29.4. The lowest BCUT2D eigenvalue weighted by Crippen LogP contribution is -2.45. The van der Waals surface area contributed by atoms with Gasteiger partial charge >= 0.3 is 6.36 Å². The van der Waals surface area contributed by atoms with Gasteiger partial charge in [-0.15, -0.1) is 13.2 Å². The number of hydrogen-bond acceptors (Lipinski definition) is 8. The summed E-state index contributed by atoms with van der Waals surface area (Å²) in [7, 11) is -4.00. The van der Waals surface area contributed by atoms with Gasteiger partial charge in [0, 0.05) is 35.9 Å². The third kappa shape index (κ3) is 6.63. The summed E-state index contributed by atoms with van der Waals surface area (Å²) in [6, 6.07) is 12.5. The number of fused-ring (bicyclic) bond motifs is 3. The molecule has 2 fully saturated rings. The Bertz CT molecular complexity index is 1540. The molecule has 0 saturated carbocycles. The van der Waals surface area contributed by atoms with Crippen LogP contribution in [0.2, 0.25) is 11.1 Å². The summed E-state index contributed by atoms with van der Waals surface area (Å²) in [5.41, 5.74) is 3.85. The van der Waals surface area contributed by atoms with Crippen molar-refractivity contribution in [2.45, 2.75) is 50.2 Å². The summed E-state index contributed by atoms with van der Waals surface area (Å²) < 4.78 is 61.2. The molecule has 6 rings (SSSR count). The summed E-state index contributed by atoms with van der Waals surface area (Å²) in [5, 5.41) is 6.65. The average Bonchev–Trinajstić information content (AvgIpc) is 3.49. The Hall–Kier alpha value is -2.63. The minimum Gasteiger partial charge on any atom is -0.417 e. The second-order valence-corrected chi connectivity index (χ2v) is 17.5. The van der Waals surface area contributed by atoms with E-state index in [4.69, 9.17) is 16.0 Å². The first-order valence-electron chi connectivity index (χ1n) is 13.9. The lowest BCUT2D eigenvalue weighted by Gasteiger charge is -2.34. The van der Waals surface area contributed by atoms with Crippen LogP contribution in [0.25, 0.3) is 0 Å². The number of anilines is 4. The maximum Gasteiger partial charge on any atom is 0.573 e. The first-order chi connectivity index (χ1) is 19.9. The van der Waals surface area contributed by atoms with Gasteiger partial charge in [-0.3, -0.25) is 4.90 Å². The molecule has 0 amide bonds. The zero-order valence-corrected chi connectivity index (χ0v) is 26.1. The van der Waals surface area contributed by atoms with E-state index in [1.165, 1.54) is 55.4 Å². The van der Waals surface area contributed by atoms with Gasteiger partial charge in [-0.1, -0.05) is 17.7 Å². The standard InChI is InChI=1S/C28H32ClF3N5O3PSi/c1-41(2,38)25-12-22(40-28(30,31)32)9-10-24(25)35-26-23(29)13-33-27(36-26)34-19-6-3-17-4-7-20(8-5-18(17)11-19)37-16-42-15-21(37)14-39-42/h3,6,9-13,20-21,42H,4-5,7-8,14-16H2,1-2H3,(H2,33,34,35,36)/t20-,21-,42+/m1/s1. The highest BCUT2D eigenvalue weighted by molar-refractivity contribution is 7.70. The van der Waals surface area contributed by atoms with Crippen LogP contribution in [0, 0.1) is 0 Å². The molecule has 3 aliphatic rings. The van der Waals surface area contributed by atoms with Crippen LogP contribution in [0.1, 0.15) is 24.0 Å². The summed E-state index contributed by atoms with van der Waals surface area (Å²) >= 11 is 6.37. The van der Waals surface area contributed by atoms with E-state index in [1.54, 1.807) is 0 Å². The first-order valence-corrected chi connectivity index (χ1v) is 19.0. The zero-order valence-electron chi connectivity index (χ0n) is 23.2. The molecule has 2 saturated heterocycles. The second kappa shape index (κ2) is 11.5. The molecular formula is C28H32ClF3N5O3PSi. The molecule has 1 aromatic heterocycles. The number of nitrogens with one attached hydrogen (secondary N) is 2. The molecule has 2 N–H and O–H groups in total. The predicted molar refractivity (Wildman–Crippen MR) is 161 cm³/mol. The van der Waals surface area contributed by atoms with E-state index in [1.807, 2.05) is 6.07 Å². The Morgan fingerprint density at radius 2 is 1.88 bits per heavy atom. The molecule has 0 radical (unpaired) electrons. The summed E-state index contributed by atoms with van der Waals surface area (Å²) in [4.78, 5) is 11.5. The number of hydrogen-bond donors (Lipinski definition) is 2. The van der Waals surface area contributed by atoms with E-state index < -0.39 is 28.3 Å². The fraction of sp³-hybridized carbons (Fsp3) is 0.429. The van der Waals surface area contributed by atoms with Crippen LogP contribution in [0.3, 0.4) is 0 Å². The van der Waals surface area contributed by atoms with Crippen LogP contribution < -0.4 is 20.7 Å². The Labute approximate surface area is 249 Å². The molecule has 2 aromatic carbocycles. The third-order valence-corrected chi connectivity index (χ3v) is 12.5. The molecule has 224 valence electrons. The molecule has 42 heavy (non-hydrogen) atoms. The molecule has 0 unspecified atom stereocenters. The largest absolute Gasteiger partial charge is 0.573 e. The molecule has 14 heteroatoms. The number of alkyl halides is 3. The fourth-order valence-corrected chi connectivity index (χ4v) is 10.5. The second-order valence-electron chi connectivity index (χ2n) is 11.5. The summed E-state index contributed by atoms with van der Waals surface area (Å²) in [5.74, 6) is 0.0562. The van der Waals surface area contributed by atoms with Crippen molar-refractivity contribution in [3.8, 4) is 5.75 Å². The molecular weight excluding hydrogens is 606 g/mol. The van der Waals surface area contributed by atoms with Crippen molar-refractivity contribution in [2.24, 2.45) is 0 Å². The molecule has 1 aliphatic carbocycles. The number of aromatic nitrogens is 2. The van der Waals surface area contributed by atoms with Gasteiger partial charge in [-0.2, -0.15) is 4.98 Å². The molecule has 2 aliphatic heterocycles. The van der Waals surface area contributed by atoms with E-state index in [-0.39, 0.29) is 16.1 Å². The topological polar surface area (TPSA) is 88.6 Å². The Morgan fingerprint density at radius 3 is 2.57 bits per heavy atom. The van der Waals surface area contributed by atoms with E-state index in [9.17, 15) is 17.7 Å².